The smallest absolute Gasteiger partial charge is 0.407 e. The number of alkyl carbamates (subject to hydrolysis) is 1. The highest BCUT2D eigenvalue weighted by Gasteiger charge is 2.21. The van der Waals surface area contributed by atoms with E-state index in [1.54, 1.807) is 20.8 Å². The second kappa shape index (κ2) is 6.41. The molecule has 2 amide bonds. The number of ether oxygens (including phenoxy) is 1. The molecule has 0 aliphatic heterocycles. The SMILES string of the molecule is CON(C)C(=O)C(N)CNC(=O)OC(C)(C)C. The third-order valence-corrected chi connectivity index (χ3v) is 1.77. The quantitative estimate of drug-likeness (QED) is 0.674. The highest BCUT2D eigenvalue weighted by molar-refractivity contribution is 5.81. The van der Waals surface area contributed by atoms with Gasteiger partial charge in [-0.25, -0.2) is 9.86 Å². The van der Waals surface area contributed by atoms with Crippen LogP contribution in [0.15, 0.2) is 0 Å². The molecule has 1 unspecified atom stereocenters. The van der Waals surface area contributed by atoms with Gasteiger partial charge in [-0.1, -0.05) is 0 Å². The third kappa shape index (κ3) is 6.75. The second-order valence-electron chi connectivity index (χ2n) is 4.51. The number of amides is 2. The van der Waals surface area contributed by atoms with E-state index in [-0.39, 0.29) is 6.54 Å². The number of carbonyl (C=O) groups is 2. The summed E-state index contributed by atoms with van der Waals surface area (Å²) in [5.41, 5.74) is 4.98. The lowest BCUT2D eigenvalue weighted by molar-refractivity contribution is -0.169. The summed E-state index contributed by atoms with van der Waals surface area (Å²) >= 11 is 0. The topological polar surface area (TPSA) is 93.9 Å². The van der Waals surface area contributed by atoms with Gasteiger partial charge < -0.3 is 15.8 Å². The molecule has 0 heterocycles. The van der Waals surface area contributed by atoms with Crippen LogP contribution >= 0.6 is 0 Å². The minimum Gasteiger partial charge on any atom is -0.444 e. The molecule has 1 atom stereocenters. The Hall–Kier alpha value is -1.34. The third-order valence-electron chi connectivity index (χ3n) is 1.77. The van der Waals surface area contributed by atoms with Crippen LogP contribution in [0.1, 0.15) is 20.8 Å². The van der Waals surface area contributed by atoms with Gasteiger partial charge in [0.2, 0.25) is 0 Å². The molecule has 0 fully saturated rings. The van der Waals surface area contributed by atoms with E-state index in [0.717, 1.165) is 5.06 Å². The van der Waals surface area contributed by atoms with Gasteiger partial charge in [-0.3, -0.25) is 9.63 Å². The maximum Gasteiger partial charge on any atom is 0.407 e. The fourth-order valence-electron chi connectivity index (χ4n) is 0.918. The van der Waals surface area contributed by atoms with Crippen LogP contribution in [0.2, 0.25) is 0 Å². The first-order valence-electron chi connectivity index (χ1n) is 5.21. The summed E-state index contributed by atoms with van der Waals surface area (Å²) in [5.74, 6) is -0.427. The molecule has 0 rings (SSSR count). The van der Waals surface area contributed by atoms with Crippen molar-refractivity contribution in [2.24, 2.45) is 5.73 Å². The normalized spacial score (nSPS) is 12.8. The summed E-state index contributed by atoms with van der Waals surface area (Å²) in [5, 5.41) is 3.41. The summed E-state index contributed by atoms with van der Waals surface area (Å²) in [6, 6.07) is -0.868. The summed E-state index contributed by atoms with van der Waals surface area (Å²) in [6.45, 7) is 5.23. The van der Waals surface area contributed by atoms with Crippen molar-refractivity contribution in [1.82, 2.24) is 10.4 Å². The molecule has 0 aromatic rings. The van der Waals surface area contributed by atoms with Crippen LogP contribution in [-0.4, -0.2) is 49.4 Å². The lowest BCUT2D eigenvalue weighted by Gasteiger charge is -2.22. The molecule has 3 N–H and O–H groups in total. The van der Waals surface area contributed by atoms with Crippen LogP contribution in [0.3, 0.4) is 0 Å². The van der Waals surface area contributed by atoms with E-state index in [9.17, 15) is 9.59 Å². The molecule has 0 bridgehead atoms. The zero-order chi connectivity index (χ0) is 13.6. The summed E-state index contributed by atoms with van der Waals surface area (Å²) in [4.78, 5) is 27.4. The van der Waals surface area contributed by atoms with Crippen molar-refractivity contribution in [1.29, 1.82) is 0 Å². The van der Waals surface area contributed by atoms with Crippen molar-refractivity contribution in [3.63, 3.8) is 0 Å². The number of carbonyl (C=O) groups excluding carboxylic acids is 2. The fourth-order valence-corrected chi connectivity index (χ4v) is 0.918. The minimum absolute atomic E-state index is 0.0125. The molecular weight excluding hydrogens is 226 g/mol. The van der Waals surface area contributed by atoms with Crippen molar-refractivity contribution in [3.05, 3.63) is 0 Å². The first-order valence-corrected chi connectivity index (χ1v) is 5.21. The predicted molar refractivity (Wildman–Crippen MR) is 62.0 cm³/mol. The van der Waals surface area contributed by atoms with Crippen LogP contribution in [-0.2, 0) is 14.4 Å². The minimum atomic E-state index is -0.868. The average Bonchev–Trinajstić information content (AvgIpc) is 2.21. The standard InChI is InChI=1S/C10H21N3O4/c1-10(2,3)17-9(15)12-6-7(11)8(14)13(4)16-5/h7H,6,11H2,1-5H3,(H,12,15). The monoisotopic (exact) mass is 247 g/mol. The summed E-state index contributed by atoms with van der Waals surface area (Å²) in [6.07, 6.45) is -0.610. The van der Waals surface area contributed by atoms with Crippen LogP contribution in [0.25, 0.3) is 0 Å². The molecule has 0 spiro atoms. The molecule has 0 aromatic carbocycles. The zero-order valence-corrected chi connectivity index (χ0v) is 10.9. The van der Waals surface area contributed by atoms with Crippen LogP contribution in [0.4, 0.5) is 4.79 Å². The lowest BCUT2D eigenvalue weighted by atomic mass is 10.2. The first kappa shape index (κ1) is 15.7. The van der Waals surface area contributed by atoms with E-state index >= 15 is 0 Å². The van der Waals surface area contributed by atoms with Gasteiger partial charge in [0.25, 0.3) is 5.91 Å². The first-order chi connectivity index (χ1) is 7.67. The molecule has 0 aromatic heterocycles. The second-order valence-corrected chi connectivity index (χ2v) is 4.51. The fraction of sp³-hybridized carbons (Fsp3) is 0.800. The van der Waals surface area contributed by atoms with Crippen molar-refractivity contribution >= 4 is 12.0 Å². The Morgan fingerprint density at radius 3 is 2.35 bits per heavy atom. The van der Waals surface area contributed by atoms with Crippen LogP contribution in [0, 0.1) is 0 Å². The van der Waals surface area contributed by atoms with Gasteiger partial charge in [-0.2, -0.15) is 0 Å². The number of hydrogen-bond acceptors (Lipinski definition) is 5. The molecule has 0 saturated carbocycles. The van der Waals surface area contributed by atoms with Crippen LogP contribution < -0.4 is 11.1 Å². The Morgan fingerprint density at radius 1 is 1.41 bits per heavy atom. The molecule has 100 valence electrons. The molecule has 17 heavy (non-hydrogen) atoms. The van der Waals surface area contributed by atoms with Gasteiger partial charge in [-0.05, 0) is 20.8 Å². The molecule has 7 nitrogen and oxygen atoms in total. The zero-order valence-electron chi connectivity index (χ0n) is 10.9. The van der Waals surface area contributed by atoms with Crippen molar-refractivity contribution < 1.29 is 19.2 Å². The highest BCUT2D eigenvalue weighted by atomic mass is 16.7. The number of nitrogens with zero attached hydrogens (tertiary/aromatic N) is 1. The lowest BCUT2D eigenvalue weighted by Crippen LogP contribution is -2.48. The summed E-state index contributed by atoms with van der Waals surface area (Å²) in [7, 11) is 2.79. The van der Waals surface area contributed by atoms with Gasteiger partial charge in [0.1, 0.15) is 11.6 Å². The van der Waals surface area contributed by atoms with E-state index in [1.165, 1.54) is 14.2 Å². The van der Waals surface area contributed by atoms with Gasteiger partial charge in [0, 0.05) is 13.6 Å². The molecule has 0 saturated heterocycles. The molecular formula is C10H21N3O4. The summed E-state index contributed by atoms with van der Waals surface area (Å²) < 4.78 is 4.99. The molecule has 0 aliphatic carbocycles. The van der Waals surface area contributed by atoms with Crippen molar-refractivity contribution in [2.45, 2.75) is 32.4 Å². The Labute approximate surface area is 101 Å². The number of likely N-dealkylation sites (N-methyl/N-ethyl adjacent to an activating group) is 1. The van der Waals surface area contributed by atoms with Gasteiger partial charge in [0.15, 0.2) is 0 Å². The van der Waals surface area contributed by atoms with E-state index in [2.05, 4.69) is 10.2 Å². The maximum atomic E-state index is 11.5. The average molecular weight is 247 g/mol. The van der Waals surface area contributed by atoms with E-state index in [0.29, 0.717) is 0 Å². The van der Waals surface area contributed by atoms with Gasteiger partial charge in [0.05, 0.1) is 7.11 Å². The van der Waals surface area contributed by atoms with Crippen molar-refractivity contribution in [3.8, 4) is 0 Å². The Kier molecular flexibility index (Phi) is 5.90. The highest BCUT2D eigenvalue weighted by Crippen LogP contribution is 2.06. The maximum absolute atomic E-state index is 11.5. The Bertz CT molecular complexity index is 275. The molecule has 7 heteroatoms. The van der Waals surface area contributed by atoms with E-state index < -0.39 is 23.6 Å². The molecule has 0 aliphatic rings. The number of nitrogens with two attached hydrogens (primary N) is 1. The van der Waals surface area contributed by atoms with Crippen LogP contribution in [0.5, 0.6) is 0 Å². The van der Waals surface area contributed by atoms with Gasteiger partial charge >= 0.3 is 6.09 Å². The number of rotatable bonds is 4. The Morgan fingerprint density at radius 2 is 1.94 bits per heavy atom. The number of hydrogen-bond donors (Lipinski definition) is 2. The predicted octanol–water partition coefficient (Wildman–Crippen LogP) is -0.142. The number of hydroxylamine groups is 2. The van der Waals surface area contributed by atoms with Crippen molar-refractivity contribution in [2.75, 3.05) is 20.7 Å². The number of nitrogens with one attached hydrogen (secondary N) is 1. The van der Waals surface area contributed by atoms with E-state index in [1.807, 2.05) is 0 Å². The van der Waals surface area contributed by atoms with Gasteiger partial charge in [-0.15, -0.1) is 0 Å². The molecule has 0 radical (unpaired) electrons. The Balaban J connectivity index is 4.04. The largest absolute Gasteiger partial charge is 0.444 e. The van der Waals surface area contributed by atoms with E-state index in [4.69, 9.17) is 10.5 Å².